The molecule has 0 radical (unpaired) electrons. The maximum atomic E-state index is 12.3. The lowest BCUT2D eigenvalue weighted by Crippen LogP contribution is -2.40. The Kier molecular flexibility index (Phi) is 4.08. The summed E-state index contributed by atoms with van der Waals surface area (Å²) >= 11 is 0. The Balaban J connectivity index is 1.50. The molecule has 19 heavy (non-hydrogen) atoms. The molecule has 3 unspecified atom stereocenters. The van der Waals surface area contributed by atoms with Crippen LogP contribution in [-0.2, 0) is 4.79 Å². The highest BCUT2D eigenvalue weighted by Crippen LogP contribution is 2.37. The molecule has 2 heterocycles. The summed E-state index contributed by atoms with van der Waals surface area (Å²) in [6.07, 6.45) is 6.84. The number of carbonyl (C=O) groups excluding carboxylic acids is 1. The van der Waals surface area contributed by atoms with E-state index in [1.807, 2.05) is 0 Å². The molecule has 0 spiro atoms. The summed E-state index contributed by atoms with van der Waals surface area (Å²) in [6.45, 7) is 4.40. The smallest absolute Gasteiger partial charge is 0.236 e. The molecule has 0 aromatic rings. The fraction of sp³-hybridized carbons (Fsp3) is 0.933. The number of hydrogen-bond acceptors (Lipinski definition) is 3. The first kappa shape index (κ1) is 13.4. The van der Waals surface area contributed by atoms with Crippen molar-refractivity contribution in [2.75, 3.05) is 32.7 Å². The lowest BCUT2D eigenvalue weighted by Gasteiger charge is -2.24. The summed E-state index contributed by atoms with van der Waals surface area (Å²) in [7, 11) is 0. The minimum Gasteiger partial charge on any atom is -0.393 e. The first-order valence-corrected chi connectivity index (χ1v) is 7.92. The van der Waals surface area contributed by atoms with Crippen molar-refractivity contribution >= 4 is 5.91 Å². The molecule has 1 N–H and O–H groups in total. The normalized spacial score (nSPS) is 36.3. The quantitative estimate of drug-likeness (QED) is 0.814. The molecule has 2 saturated heterocycles. The van der Waals surface area contributed by atoms with Crippen LogP contribution in [-0.4, -0.2) is 59.6 Å². The molecule has 3 aliphatic rings. The summed E-state index contributed by atoms with van der Waals surface area (Å²) in [5, 5.41) is 9.92. The number of fused-ring (bicyclic) bond motifs is 1. The van der Waals surface area contributed by atoms with E-state index >= 15 is 0 Å². The predicted molar refractivity (Wildman–Crippen MR) is 73.7 cm³/mol. The molecule has 0 aromatic heterocycles. The zero-order valence-corrected chi connectivity index (χ0v) is 11.8. The third-order valence-corrected chi connectivity index (χ3v) is 5.21. The molecule has 1 aliphatic carbocycles. The second-order valence-corrected chi connectivity index (χ2v) is 6.56. The van der Waals surface area contributed by atoms with Crippen molar-refractivity contribution in [3.63, 3.8) is 0 Å². The molecule has 1 amide bonds. The van der Waals surface area contributed by atoms with Crippen molar-refractivity contribution in [1.82, 2.24) is 9.80 Å². The van der Waals surface area contributed by atoms with Crippen molar-refractivity contribution in [2.24, 2.45) is 11.8 Å². The van der Waals surface area contributed by atoms with Crippen LogP contribution < -0.4 is 0 Å². The van der Waals surface area contributed by atoms with Gasteiger partial charge in [0.1, 0.15) is 0 Å². The Morgan fingerprint density at radius 2 is 1.79 bits per heavy atom. The highest BCUT2D eigenvalue weighted by Gasteiger charge is 2.42. The van der Waals surface area contributed by atoms with Crippen molar-refractivity contribution in [2.45, 2.75) is 44.6 Å². The third-order valence-electron chi connectivity index (χ3n) is 5.21. The molecular formula is C15H26N2O2. The van der Waals surface area contributed by atoms with Crippen molar-refractivity contribution in [3.05, 3.63) is 0 Å². The van der Waals surface area contributed by atoms with Crippen LogP contribution >= 0.6 is 0 Å². The zero-order valence-electron chi connectivity index (χ0n) is 11.8. The van der Waals surface area contributed by atoms with E-state index in [4.69, 9.17) is 0 Å². The number of nitrogens with zero attached hydrogens (tertiary/aromatic N) is 2. The maximum absolute atomic E-state index is 12.3. The average Bonchev–Trinajstić information content (AvgIpc) is 2.81. The summed E-state index contributed by atoms with van der Waals surface area (Å²) in [5.41, 5.74) is 0. The molecule has 3 rings (SSSR count). The molecule has 3 fully saturated rings. The van der Waals surface area contributed by atoms with Gasteiger partial charge in [-0.3, -0.25) is 9.69 Å². The summed E-state index contributed by atoms with van der Waals surface area (Å²) in [5.74, 6) is 1.36. The largest absolute Gasteiger partial charge is 0.393 e. The van der Waals surface area contributed by atoms with Gasteiger partial charge in [0.15, 0.2) is 0 Å². The first-order valence-electron chi connectivity index (χ1n) is 7.92. The lowest BCUT2D eigenvalue weighted by molar-refractivity contribution is -0.132. The van der Waals surface area contributed by atoms with Crippen LogP contribution in [0.15, 0.2) is 0 Å². The van der Waals surface area contributed by atoms with Gasteiger partial charge in [-0.25, -0.2) is 0 Å². The van der Waals surface area contributed by atoms with E-state index in [9.17, 15) is 9.90 Å². The molecule has 108 valence electrons. The van der Waals surface area contributed by atoms with Crippen LogP contribution in [0.5, 0.6) is 0 Å². The number of likely N-dealkylation sites (tertiary alicyclic amines) is 2. The van der Waals surface area contributed by atoms with Crippen LogP contribution in [0.2, 0.25) is 0 Å². The van der Waals surface area contributed by atoms with E-state index in [1.54, 1.807) is 0 Å². The topological polar surface area (TPSA) is 43.8 Å². The Hall–Kier alpha value is -0.610. The second kappa shape index (κ2) is 5.80. The lowest BCUT2D eigenvalue weighted by atomic mass is 10.00. The Labute approximate surface area is 115 Å². The fourth-order valence-corrected chi connectivity index (χ4v) is 4.07. The molecule has 4 nitrogen and oxygen atoms in total. The highest BCUT2D eigenvalue weighted by molar-refractivity contribution is 5.78. The number of hydrogen-bond donors (Lipinski definition) is 1. The van der Waals surface area contributed by atoms with Crippen molar-refractivity contribution in [1.29, 1.82) is 0 Å². The Morgan fingerprint density at radius 3 is 2.47 bits per heavy atom. The molecule has 1 saturated carbocycles. The number of aliphatic hydroxyl groups is 1. The average molecular weight is 266 g/mol. The van der Waals surface area contributed by atoms with E-state index in [1.165, 1.54) is 12.8 Å². The molecule has 3 atom stereocenters. The second-order valence-electron chi connectivity index (χ2n) is 6.56. The summed E-state index contributed by atoms with van der Waals surface area (Å²) < 4.78 is 0. The monoisotopic (exact) mass is 266 g/mol. The van der Waals surface area contributed by atoms with Gasteiger partial charge in [-0.2, -0.15) is 0 Å². The van der Waals surface area contributed by atoms with Crippen molar-refractivity contribution < 1.29 is 9.90 Å². The predicted octanol–water partition coefficient (Wildman–Crippen LogP) is 1.09. The van der Waals surface area contributed by atoms with Gasteiger partial charge in [0.25, 0.3) is 0 Å². The third kappa shape index (κ3) is 2.95. The van der Waals surface area contributed by atoms with Crippen LogP contribution in [0.3, 0.4) is 0 Å². The minimum absolute atomic E-state index is 0.122. The standard InChI is InChI=1S/C15H26N2O2/c18-14-6-5-12-9-16(10-13(12)14)11-15(19)17-7-3-1-2-4-8-17/h12-14,18H,1-11H2. The van der Waals surface area contributed by atoms with Crippen LogP contribution in [0.4, 0.5) is 0 Å². The molecule has 4 heteroatoms. The first-order chi connectivity index (χ1) is 9.24. The maximum Gasteiger partial charge on any atom is 0.236 e. The van der Waals surface area contributed by atoms with E-state index in [0.717, 1.165) is 51.9 Å². The van der Waals surface area contributed by atoms with Gasteiger partial charge in [-0.1, -0.05) is 12.8 Å². The molecule has 0 aromatic carbocycles. The Morgan fingerprint density at radius 1 is 1.05 bits per heavy atom. The van der Waals surface area contributed by atoms with Gasteiger partial charge in [-0.15, -0.1) is 0 Å². The van der Waals surface area contributed by atoms with Gasteiger partial charge in [0, 0.05) is 32.1 Å². The van der Waals surface area contributed by atoms with Gasteiger partial charge in [-0.05, 0) is 31.6 Å². The minimum atomic E-state index is -0.122. The number of carbonyl (C=O) groups is 1. The van der Waals surface area contributed by atoms with Gasteiger partial charge < -0.3 is 10.0 Å². The number of amides is 1. The van der Waals surface area contributed by atoms with Crippen molar-refractivity contribution in [3.8, 4) is 0 Å². The van der Waals surface area contributed by atoms with Gasteiger partial charge in [0.05, 0.1) is 12.6 Å². The van der Waals surface area contributed by atoms with E-state index in [0.29, 0.717) is 24.3 Å². The Bertz CT molecular complexity index is 326. The molecule has 2 aliphatic heterocycles. The number of rotatable bonds is 2. The van der Waals surface area contributed by atoms with E-state index < -0.39 is 0 Å². The van der Waals surface area contributed by atoms with Crippen LogP contribution in [0.1, 0.15) is 38.5 Å². The van der Waals surface area contributed by atoms with Crippen LogP contribution in [0.25, 0.3) is 0 Å². The highest BCUT2D eigenvalue weighted by atomic mass is 16.3. The molecule has 0 bridgehead atoms. The van der Waals surface area contributed by atoms with Gasteiger partial charge >= 0.3 is 0 Å². The van der Waals surface area contributed by atoms with Crippen LogP contribution in [0, 0.1) is 11.8 Å². The van der Waals surface area contributed by atoms with E-state index in [2.05, 4.69) is 9.80 Å². The summed E-state index contributed by atoms with van der Waals surface area (Å²) in [6, 6.07) is 0. The summed E-state index contributed by atoms with van der Waals surface area (Å²) in [4.78, 5) is 16.7. The SMILES string of the molecule is O=C(CN1CC2CCC(O)C2C1)N1CCCCCC1. The van der Waals surface area contributed by atoms with Gasteiger partial charge in [0.2, 0.25) is 5.91 Å². The van der Waals surface area contributed by atoms with E-state index in [-0.39, 0.29) is 6.10 Å². The molecular weight excluding hydrogens is 240 g/mol. The fourth-order valence-electron chi connectivity index (χ4n) is 4.07. The zero-order chi connectivity index (χ0) is 13.2. The number of aliphatic hydroxyl groups excluding tert-OH is 1.